The molecule has 2 nitrogen and oxygen atoms in total. The van der Waals surface area contributed by atoms with Crippen LogP contribution in [0.4, 0.5) is 0 Å². The minimum absolute atomic E-state index is 0.0204. The van der Waals surface area contributed by atoms with E-state index in [-0.39, 0.29) is 13.2 Å². The van der Waals surface area contributed by atoms with Gasteiger partial charge in [-0.1, -0.05) is 48.5 Å². The Morgan fingerprint density at radius 3 is 1.23 bits per heavy atom. The summed E-state index contributed by atoms with van der Waals surface area (Å²) in [6.45, 7) is 0.0407. The molecule has 4 rings (SSSR count). The Balaban J connectivity index is 2.31. The molecule has 0 aliphatic rings. The van der Waals surface area contributed by atoms with E-state index in [1.165, 1.54) is 0 Å². The molecule has 0 saturated carbocycles. The largest absolute Gasteiger partial charge is 0.392 e. The van der Waals surface area contributed by atoms with Gasteiger partial charge in [0.1, 0.15) is 0 Å². The van der Waals surface area contributed by atoms with Gasteiger partial charge in [0.2, 0.25) is 0 Å². The molecule has 2 N–H and O–H groups in total. The molecule has 0 atom stereocenters. The van der Waals surface area contributed by atoms with Crippen LogP contribution in [0.5, 0.6) is 0 Å². The quantitative estimate of drug-likeness (QED) is 0.544. The van der Waals surface area contributed by atoms with E-state index >= 15 is 0 Å². The Bertz CT molecular complexity index is 919. The van der Waals surface area contributed by atoms with Crippen LogP contribution < -0.4 is 0 Å². The second-order valence-electron chi connectivity index (χ2n) is 5.57. The van der Waals surface area contributed by atoms with Crippen molar-refractivity contribution < 1.29 is 10.2 Å². The molecule has 0 heterocycles. The molecule has 4 aromatic carbocycles. The Morgan fingerprint density at radius 1 is 0.500 bits per heavy atom. The van der Waals surface area contributed by atoms with Gasteiger partial charge in [0.25, 0.3) is 0 Å². The van der Waals surface area contributed by atoms with E-state index in [1.54, 1.807) is 0 Å². The summed E-state index contributed by atoms with van der Waals surface area (Å²) >= 11 is 0. The molecular weight excluding hydrogens is 272 g/mol. The van der Waals surface area contributed by atoms with E-state index < -0.39 is 0 Å². The number of aliphatic hydroxyl groups excluding tert-OH is 2. The molecule has 0 unspecified atom stereocenters. The van der Waals surface area contributed by atoms with Crippen LogP contribution in [0.15, 0.2) is 60.7 Å². The third-order valence-corrected chi connectivity index (χ3v) is 4.39. The SMILES string of the molecule is OCc1cc2c3ccccc3c(CO)cc2c2ccccc12. The summed E-state index contributed by atoms with van der Waals surface area (Å²) in [5, 5.41) is 26.1. The highest BCUT2D eigenvalue weighted by Crippen LogP contribution is 2.35. The molecular formula is C20H16O2. The lowest BCUT2D eigenvalue weighted by molar-refractivity contribution is 0.283. The van der Waals surface area contributed by atoms with Crippen LogP contribution in [0.3, 0.4) is 0 Å². The summed E-state index contributed by atoms with van der Waals surface area (Å²) in [6.07, 6.45) is 0. The van der Waals surface area contributed by atoms with Crippen molar-refractivity contribution in [3.63, 3.8) is 0 Å². The van der Waals surface area contributed by atoms with Gasteiger partial charge in [-0.3, -0.25) is 0 Å². The first-order valence-corrected chi connectivity index (χ1v) is 7.40. The lowest BCUT2D eigenvalue weighted by Gasteiger charge is -2.13. The summed E-state index contributed by atoms with van der Waals surface area (Å²) in [7, 11) is 0. The first-order chi connectivity index (χ1) is 10.8. The van der Waals surface area contributed by atoms with Crippen LogP contribution in [0.1, 0.15) is 11.1 Å². The number of aliphatic hydroxyl groups is 2. The minimum atomic E-state index is 0.0204. The molecule has 0 amide bonds. The van der Waals surface area contributed by atoms with Crippen molar-refractivity contribution in [3.05, 3.63) is 71.8 Å². The Kier molecular flexibility index (Phi) is 3.07. The maximum Gasteiger partial charge on any atom is 0.0688 e. The van der Waals surface area contributed by atoms with Crippen LogP contribution in [0, 0.1) is 0 Å². The molecule has 0 aliphatic carbocycles. The molecule has 0 bridgehead atoms. The van der Waals surface area contributed by atoms with Gasteiger partial charge in [-0.25, -0.2) is 0 Å². The molecule has 0 spiro atoms. The molecule has 0 aliphatic heterocycles. The molecule has 0 fully saturated rings. The highest BCUT2D eigenvalue weighted by molar-refractivity contribution is 6.18. The smallest absolute Gasteiger partial charge is 0.0688 e. The van der Waals surface area contributed by atoms with E-state index in [0.717, 1.165) is 43.4 Å². The van der Waals surface area contributed by atoms with Crippen LogP contribution in [-0.2, 0) is 13.2 Å². The number of hydrogen-bond donors (Lipinski definition) is 2. The Hall–Kier alpha value is -2.42. The Morgan fingerprint density at radius 2 is 0.864 bits per heavy atom. The van der Waals surface area contributed by atoms with Crippen LogP contribution in [0.25, 0.3) is 32.3 Å². The van der Waals surface area contributed by atoms with Gasteiger partial charge in [-0.15, -0.1) is 0 Å². The summed E-state index contributed by atoms with van der Waals surface area (Å²) in [5.41, 5.74) is 1.87. The fourth-order valence-electron chi connectivity index (χ4n) is 3.36. The predicted molar refractivity (Wildman–Crippen MR) is 90.8 cm³/mol. The predicted octanol–water partition coefficient (Wildman–Crippen LogP) is 4.13. The number of fused-ring (bicyclic) bond motifs is 5. The highest BCUT2D eigenvalue weighted by Gasteiger charge is 2.11. The van der Waals surface area contributed by atoms with Crippen molar-refractivity contribution in [1.29, 1.82) is 0 Å². The number of benzene rings is 4. The molecule has 22 heavy (non-hydrogen) atoms. The van der Waals surface area contributed by atoms with Crippen molar-refractivity contribution in [2.45, 2.75) is 13.2 Å². The van der Waals surface area contributed by atoms with Gasteiger partial charge in [-0.05, 0) is 55.6 Å². The van der Waals surface area contributed by atoms with Gasteiger partial charge >= 0.3 is 0 Å². The van der Waals surface area contributed by atoms with Crippen molar-refractivity contribution in [3.8, 4) is 0 Å². The van der Waals surface area contributed by atoms with Crippen molar-refractivity contribution >= 4 is 32.3 Å². The molecule has 108 valence electrons. The maximum atomic E-state index is 9.73. The second-order valence-corrected chi connectivity index (χ2v) is 5.57. The maximum absolute atomic E-state index is 9.73. The molecule has 4 aromatic rings. The average Bonchev–Trinajstić information content (AvgIpc) is 2.60. The first kappa shape index (κ1) is 13.3. The number of hydrogen-bond acceptors (Lipinski definition) is 2. The third-order valence-electron chi connectivity index (χ3n) is 4.39. The molecule has 0 saturated heterocycles. The lowest BCUT2D eigenvalue weighted by Crippen LogP contribution is -1.92. The van der Waals surface area contributed by atoms with Gasteiger partial charge < -0.3 is 10.2 Å². The van der Waals surface area contributed by atoms with E-state index in [4.69, 9.17) is 0 Å². The zero-order chi connectivity index (χ0) is 15.1. The zero-order valence-electron chi connectivity index (χ0n) is 12.1. The third kappa shape index (κ3) is 1.82. The topological polar surface area (TPSA) is 40.5 Å². The van der Waals surface area contributed by atoms with Gasteiger partial charge in [0.05, 0.1) is 13.2 Å². The number of rotatable bonds is 2. The molecule has 0 aromatic heterocycles. The minimum Gasteiger partial charge on any atom is -0.392 e. The van der Waals surface area contributed by atoms with Gasteiger partial charge in [0, 0.05) is 0 Å². The summed E-state index contributed by atoms with van der Waals surface area (Å²) in [4.78, 5) is 0. The Labute approximate surface area is 128 Å². The highest BCUT2D eigenvalue weighted by atomic mass is 16.3. The summed E-state index contributed by atoms with van der Waals surface area (Å²) in [5.74, 6) is 0. The van der Waals surface area contributed by atoms with Gasteiger partial charge in [0.15, 0.2) is 0 Å². The fraction of sp³-hybridized carbons (Fsp3) is 0.100. The zero-order valence-corrected chi connectivity index (χ0v) is 12.1. The monoisotopic (exact) mass is 288 g/mol. The van der Waals surface area contributed by atoms with Crippen molar-refractivity contribution in [1.82, 2.24) is 0 Å². The standard InChI is InChI=1S/C20H16O2/c21-11-13-9-20-18-8-4-2-6-16(18)14(12-22)10-19(20)17-7-3-1-5-15(13)17/h1-10,21-22H,11-12H2. The fourth-order valence-corrected chi connectivity index (χ4v) is 3.36. The van der Waals surface area contributed by atoms with Crippen LogP contribution in [0.2, 0.25) is 0 Å². The van der Waals surface area contributed by atoms with E-state index in [2.05, 4.69) is 24.3 Å². The normalized spacial score (nSPS) is 11.5. The second kappa shape index (κ2) is 5.09. The van der Waals surface area contributed by atoms with Gasteiger partial charge in [-0.2, -0.15) is 0 Å². The van der Waals surface area contributed by atoms with Crippen molar-refractivity contribution in [2.24, 2.45) is 0 Å². The lowest BCUT2D eigenvalue weighted by atomic mass is 9.91. The molecule has 0 radical (unpaired) electrons. The molecule has 2 heteroatoms. The van der Waals surface area contributed by atoms with Crippen molar-refractivity contribution in [2.75, 3.05) is 0 Å². The summed E-state index contributed by atoms with van der Waals surface area (Å²) < 4.78 is 0. The van der Waals surface area contributed by atoms with E-state index in [1.807, 2.05) is 36.4 Å². The van der Waals surface area contributed by atoms with Crippen LogP contribution in [-0.4, -0.2) is 10.2 Å². The average molecular weight is 288 g/mol. The summed E-state index contributed by atoms with van der Waals surface area (Å²) in [6, 6.07) is 20.4. The van der Waals surface area contributed by atoms with Crippen LogP contribution >= 0.6 is 0 Å². The van der Waals surface area contributed by atoms with E-state index in [0.29, 0.717) is 0 Å². The first-order valence-electron chi connectivity index (χ1n) is 7.40. The van der Waals surface area contributed by atoms with E-state index in [9.17, 15) is 10.2 Å².